The molecule has 1 heterocycles. The van der Waals surface area contributed by atoms with Crippen LogP contribution in [-0.4, -0.2) is 21.9 Å². The average molecular weight is 265 g/mol. The molecule has 96 valence electrons. The van der Waals surface area contributed by atoms with Crippen molar-refractivity contribution in [3.8, 4) is 0 Å². The summed E-state index contributed by atoms with van der Waals surface area (Å²) in [4.78, 5) is 5.33. The molecule has 0 saturated carbocycles. The van der Waals surface area contributed by atoms with Crippen molar-refractivity contribution in [2.75, 3.05) is 6.61 Å². The molecule has 1 atom stereocenters. The molecule has 18 heavy (non-hydrogen) atoms. The Hall–Kier alpha value is -1.37. The van der Waals surface area contributed by atoms with Crippen molar-refractivity contribution in [1.29, 1.82) is 0 Å². The minimum absolute atomic E-state index is 0.202. The molecule has 2 rings (SSSR count). The Labute approximate surface area is 109 Å². The number of benzene rings is 1. The van der Waals surface area contributed by atoms with Crippen LogP contribution in [0.2, 0.25) is 0 Å². The fraction of sp³-hybridized carbons (Fsp3) is 0.333. The van der Waals surface area contributed by atoms with Crippen LogP contribution in [0, 0.1) is 6.92 Å². The molecule has 3 N–H and O–H groups in total. The maximum Gasteiger partial charge on any atom is 0.245 e. The van der Waals surface area contributed by atoms with Crippen LogP contribution in [0.3, 0.4) is 0 Å². The van der Waals surface area contributed by atoms with Gasteiger partial charge in [0, 0.05) is 4.90 Å². The standard InChI is InChI=1S/C12H15N3O2S/c1-8-4-2-3-5-10(8)18-7-11-14-12(17-15-11)9(13)6-16/h2-5,9,16H,6-7,13H2,1H3. The van der Waals surface area contributed by atoms with E-state index < -0.39 is 6.04 Å². The van der Waals surface area contributed by atoms with E-state index in [2.05, 4.69) is 29.2 Å². The molecular formula is C12H15N3O2S. The summed E-state index contributed by atoms with van der Waals surface area (Å²) < 4.78 is 4.98. The van der Waals surface area contributed by atoms with Crippen molar-refractivity contribution in [2.45, 2.75) is 23.6 Å². The zero-order valence-corrected chi connectivity index (χ0v) is 10.9. The Morgan fingerprint density at radius 1 is 1.44 bits per heavy atom. The lowest BCUT2D eigenvalue weighted by molar-refractivity contribution is 0.236. The molecule has 0 spiro atoms. The molecule has 0 fully saturated rings. The molecule has 1 aromatic carbocycles. The quantitative estimate of drug-likeness (QED) is 0.800. The Bertz CT molecular complexity index is 516. The lowest BCUT2D eigenvalue weighted by Crippen LogP contribution is -2.14. The van der Waals surface area contributed by atoms with Crippen molar-refractivity contribution < 1.29 is 9.63 Å². The zero-order valence-electron chi connectivity index (χ0n) is 10.0. The minimum atomic E-state index is -0.602. The van der Waals surface area contributed by atoms with Gasteiger partial charge in [-0.25, -0.2) is 0 Å². The van der Waals surface area contributed by atoms with Gasteiger partial charge in [0.1, 0.15) is 6.04 Å². The summed E-state index contributed by atoms with van der Waals surface area (Å²) in [6.45, 7) is 1.86. The Balaban J connectivity index is 1.98. The lowest BCUT2D eigenvalue weighted by atomic mass is 10.2. The van der Waals surface area contributed by atoms with Gasteiger partial charge in [0.05, 0.1) is 12.4 Å². The third-order valence-corrected chi connectivity index (χ3v) is 3.62. The predicted molar refractivity (Wildman–Crippen MR) is 69.1 cm³/mol. The first kappa shape index (κ1) is 13.1. The molecular weight excluding hydrogens is 250 g/mol. The van der Waals surface area contributed by atoms with E-state index in [0.29, 0.717) is 11.6 Å². The van der Waals surface area contributed by atoms with Gasteiger partial charge in [-0.3, -0.25) is 0 Å². The third kappa shape index (κ3) is 3.10. The van der Waals surface area contributed by atoms with E-state index >= 15 is 0 Å². The number of hydrogen-bond donors (Lipinski definition) is 2. The molecule has 1 aromatic heterocycles. The third-order valence-electron chi connectivity index (χ3n) is 2.45. The molecule has 0 aliphatic heterocycles. The van der Waals surface area contributed by atoms with E-state index in [1.165, 1.54) is 10.5 Å². The summed E-state index contributed by atoms with van der Waals surface area (Å²) in [5.74, 6) is 1.48. The topological polar surface area (TPSA) is 85.2 Å². The molecule has 2 aromatic rings. The van der Waals surface area contributed by atoms with Crippen LogP contribution >= 0.6 is 11.8 Å². The van der Waals surface area contributed by atoms with Gasteiger partial charge in [0.25, 0.3) is 0 Å². The normalized spacial score (nSPS) is 12.6. The van der Waals surface area contributed by atoms with Crippen LogP contribution < -0.4 is 5.73 Å². The van der Waals surface area contributed by atoms with Crippen LogP contribution in [0.1, 0.15) is 23.3 Å². The van der Waals surface area contributed by atoms with Gasteiger partial charge in [0.2, 0.25) is 5.89 Å². The van der Waals surface area contributed by atoms with Gasteiger partial charge in [0.15, 0.2) is 5.82 Å². The number of nitrogens with zero attached hydrogens (tertiary/aromatic N) is 2. The molecule has 5 nitrogen and oxygen atoms in total. The summed E-state index contributed by atoms with van der Waals surface area (Å²) in [5, 5.41) is 12.7. The second-order valence-corrected chi connectivity index (χ2v) is 4.91. The van der Waals surface area contributed by atoms with Crippen molar-refractivity contribution in [3.05, 3.63) is 41.5 Å². The van der Waals surface area contributed by atoms with E-state index in [1.54, 1.807) is 11.8 Å². The van der Waals surface area contributed by atoms with E-state index in [-0.39, 0.29) is 12.5 Å². The number of nitrogens with two attached hydrogens (primary N) is 1. The second kappa shape index (κ2) is 5.99. The molecule has 0 bridgehead atoms. The molecule has 0 radical (unpaired) electrons. The van der Waals surface area contributed by atoms with Gasteiger partial charge < -0.3 is 15.4 Å². The Kier molecular flexibility index (Phi) is 4.35. The summed E-state index contributed by atoms with van der Waals surface area (Å²) in [7, 11) is 0. The van der Waals surface area contributed by atoms with E-state index in [0.717, 1.165) is 0 Å². The van der Waals surface area contributed by atoms with Crippen molar-refractivity contribution in [1.82, 2.24) is 10.1 Å². The monoisotopic (exact) mass is 265 g/mol. The average Bonchev–Trinajstić information content (AvgIpc) is 2.86. The van der Waals surface area contributed by atoms with Crippen LogP contribution in [-0.2, 0) is 5.75 Å². The Morgan fingerprint density at radius 2 is 2.22 bits per heavy atom. The van der Waals surface area contributed by atoms with E-state index in [9.17, 15) is 0 Å². The number of hydrogen-bond acceptors (Lipinski definition) is 6. The summed E-state index contributed by atoms with van der Waals surface area (Å²) in [5.41, 5.74) is 6.81. The zero-order chi connectivity index (χ0) is 13.0. The van der Waals surface area contributed by atoms with Crippen LogP contribution in [0.25, 0.3) is 0 Å². The molecule has 0 aliphatic rings. The van der Waals surface area contributed by atoms with Gasteiger partial charge in [-0.15, -0.1) is 11.8 Å². The predicted octanol–water partition coefficient (Wildman–Crippen LogP) is 1.66. The van der Waals surface area contributed by atoms with E-state index in [4.69, 9.17) is 15.4 Å². The second-order valence-electron chi connectivity index (χ2n) is 3.89. The minimum Gasteiger partial charge on any atom is -0.394 e. The fourth-order valence-corrected chi connectivity index (χ4v) is 2.29. The number of rotatable bonds is 5. The first-order valence-corrected chi connectivity index (χ1v) is 6.56. The smallest absolute Gasteiger partial charge is 0.245 e. The van der Waals surface area contributed by atoms with Crippen molar-refractivity contribution in [3.63, 3.8) is 0 Å². The summed E-state index contributed by atoms with van der Waals surface area (Å²) in [6.07, 6.45) is 0. The molecule has 0 saturated heterocycles. The highest BCUT2D eigenvalue weighted by Crippen LogP contribution is 2.24. The summed E-state index contributed by atoms with van der Waals surface area (Å²) >= 11 is 1.64. The lowest BCUT2D eigenvalue weighted by Gasteiger charge is -2.02. The Morgan fingerprint density at radius 3 is 2.94 bits per heavy atom. The number of aliphatic hydroxyl groups is 1. The fourth-order valence-electron chi connectivity index (χ4n) is 1.42. The molecule has 0 aliphatic carbocycles. The highest BCUT2D eigenvalue weighted by atomic mass is 32.2. The van der Waals surface area contributed by atoms with E-state index in [1.807, 2.05) is 12.1 Å². The van der Waals surface area contributed by atoms with Gasteiger partial charge in [-0.05, 0) is 18.6 Å². The molecule has 0 amide bonds. The first-order valence-electron chi connectivity index (χ1n) is 5.58. The SMILES string of the molecule is Cc1ccccc1SCc1noc(C(N)CO)n1. The van der Waals surface area contributed by atoms with Crippen LogP contribution in [0.5, 0.6) is 0 Å². The van der Waals surface area contributed by atoms with Gasteiger partial charge in [-0.2, -0.15) is 4.98 Å². The largest absolute Gasteiger partial charge is 0.394 e. The molecule has 6 heteroatoms. The molecule has 1 unspecified atom stereocenters. The number of aliphatic hydroxyl groups excluding tert-OH is 1. The first-order chi connectivity index (χ1) is 8.70. The highest BCUT2D eigenvalue weighted by Gasteiger charge is 2.13. The number of aryl methyl sites for hydroxylation is 1. The van der Waals surface area contributed by atoms with Crippen molar-refractivity contribution in [2.24, 2.45) is 5.73 Å². The van der Waals surface area contributed by atoms with Crippen LogP contribution in [0.15, 0.2) is 33.7 Å². The van der Waals surface area contributed by atoms with Crippen LogP contribution in [0.4, 0.5) is 0 Å². The summed E-state index contributed by atoms with van der Waals surface area (Å²) in [6, 6.07) is 7.52. The number of thioether (sulfide) groups is 1. The maximum atomic E-state index is 8.88. The number of aromatic nitrogens is 2. The van der Waals surface area contributed by atoms with Gasteiger partial charge in [-0.1, -0.05) is 23.4 Å². The maximum absolute atomic E-state index is 8.88. The van der Waals surface area contributed by atoms with Gasteiger partial charge >= 0.3 is 0 Å². The highest BCUT2D eigenvalue weighted by molar-refractivity contribution is 7.98. The van der Waals surface area contributed by atoms with Crippen molar-refractivity contribution >= 4 is 11.8 Å².